The maximum absolute atomic E-state index is 13.1. The highest BCUT2D eigenvalue weighted by Gasteiger charge is 2.30. The normalized spacial score (nSPS) is 18.8. The summed E-state index contributed by atoms with van der Waals surface area (Å²) in [5, 5.41) is 0. The zero-order valence-electron chi connectivity index (χ0n) is 19.2. The Balaban J connectivity index is 1.17. The van der Waals surface area contributed by atoms with Crippen LogP contribution in [0.5, 0.6) is 5.75 Å². The molecule has 0 saturated carbocycles. The molecule has 2 aromatic carbocycles. The minimum absolute atomic E-state index is 0.187. The number of nitrogens with zero attached hydrogens (tertiary/aromatic N) is 3. The lowest BCUT2D eigenvalue weighted by Gasteiger charge is -2.38. The molecule has 5 nitrogen and oxygen atoms in total. The molecule has 0 atom stereocenters. The summed E-state index contributed by atoms with van der Waals surface area (Å²) in [6, 6.07) is 18.7. The Hall–Kier alpha value is -2.63. The molecule has 2 aliphatic rings. The van der Waals surface area contributed by atoms with Crippen molar-refractivity contribution in [1.29, 1.82) is 0 Å². The van der Waals surface area contributed by atoms with Crippen LogP contribution in [0.2, 0.25) is 0 Å². The second-order valence-corrected chi connectivity index (χ2v) is 8.84. The van der Waals surface area contributed by atoms with Crippen LogP contribution in [0.3, 0.4) is 0 Å². The molecule has 2 fully saturated rings. The van der Waals surface area contributed by atoms with Crippen molar-refractivity contribution >= 4 is 12.0 Å². The first-order chi connectivity index (χ1) is 15.7. The van der Waals surface area contributed by atoms with Crippen LogP contribution in [0.4, 0.5) is 0 Å². The number of amides is 1. The van der Waals surface area contributed by atoms with Crippen molar-refractivity contribution in [2.75, 3.05) is 52.9 Å². The molecular formula is C27H35N3O2. The molecule has 32 heavy (non-hydrogen) atoms. The Morgan fingerprint density at radius 2 is 1.59 bits per heavy atom. The summed E-state index contributed by atoms with van der Waals surface area (Å²) >= 11 is 0. The number of likely N-dealkylation sites (tertiary alicyclic amines) is 1. The predicted molar refractivity (Wildman–Crippen MR) is 129 cm³/mol. The van der Waals surface area contributed by atoms with Gasteiger partial charge in [0.05, 0.1) is 7.11 Å². The molecule has 0 aliphatic carbocycles. The van der Waals surface area contributed by atoms with E-state index in [9.17, 15) is 4.79 Å². The first-order valence-corrected chi connectivity index (χ1v) is 11.8. The standard InChI is InChI=1S/C27H35N3O2/c1-32-26-11-9-24(10-12-26)22-29-16-13-25(14-17-29)27(31)30-20-18-28(19-21-30)15-5-8-23-6-3-2-4-7-23/h2-12,25H,13-22H2,1H3. The first-order valence-electron chi connectivity index (χ1n) is 11.8. The minimum Gasteiger partial charge on any atom is -0.497 e. The molecule has 2 saturated heterocycles. The Labute approximate surface area is 192 Å². The minimum atomic E-state index is 0.187. The SMILES string of the molecule is COc1ccc(CN2CCC(C(=O)N3CCN(CC=Cc4ccccc4)CC3)CC2)cc1. The number of benzene rings is 2. The summed E-state index contributed by atoms with van der Waals surface area (Å²) in [6.45, 7) is 7.50. The Kier molecular flexibility index (Phi) is 7.97. The fourth-order valence-corrected chi connectivity index (χ4v) is 4.64. The molecule has 1 amide bonds. The van der Waals surface area contributed by atoms with Gasteiger partial charge in [0.15, 0.2) is 0 Å². The van der Waals surface area contributed by atoms with Gasteiger partial charge in [0, 0.05) is 45.2 Å². The van der Waals surface area contributed by atoms with Gasteiger partial charge >= 0.3 is 0 Å². The fraction of sp³-hybridized carbons (Fsp3) is 0.444. The maximum Gasteiger partial charge on any atom is 0.225 e. The first kappa shape index (κ1) is 22.6. The van der Waals surface area contributed by atoms with Crippen LogP contribution < -0.4 is 4.74 Å². The second-order valence-electron chi connectivity index (χ2n) is 8.84. The number of hydrogen-bond acceptors (Lipinski definition) is 4. The van der Waals surface area contributed by atoms with Crippen LogP contribution in [0.25, 0.3) is 6.08 Å². The van der Waals surface area contributed by atoms with Crippen molar-refractivity contribution in [2.24, 2.45) is 5.92 Å². The summed E-state index contributed by atoms with van der Waals surface area (Å²) < 4.78 is 5.24. The monoisotopic (exact) mass is 433 g/mol. The molecule has 4 rings (SSSR count). The van der Waals surface area contributed by atoms with Crippen LogP contribution in [0, 0.1) is 5.92 Å². The topological polar surface area (TPSA) is 36.0 Å². The highest BCUT2D eigenvalue weighted by Crippen LogP contribution is 2.22. The zero-order valence-corrected chi connectivity index (χ0v) is 19.2. The molecule has 2 aliphatic heterocycles. The third-order valence-electron chi connectivity index (χ3n) is 6.66. The van der Waals surface area contributed by atoms with Gasteiger partial charge in [0.25, 0.3) is 0 Å². The van der Waals surface area contributed by atoms with Crippen LogP contribution >= 0.6 is 0 Å². The largest absolute Gasteiger partial charge is 0.497 e. The van der Waals surface area contributed by atoms with Gasteiger partial charge in [-0.05, 0) is 49.2 Å². The number of piperidine rings is 1. The van der Waals surface area contributed by atoms with Crippen molar-refractivity contribution in [3.8, 4) is 5.75 Å². The van der Waals surface area contributed by atoms with E-state index >= 15 is 0 Å². The van der Waals surface area contributed by atoms with E-state index in [4.69, 9.17) is 4.74 Å². The molecule has 2 heterocycles. The van der Waals surface area contributed by atoms with Gasteiger partial charge in [-0.3, -0.25) is 14.6 Å². The van der Waals surface area contributed by atoms with Crippen molar-refractivity contribution in [3.05, 3.63) is 71.8 Å². The summed E-state index contributed by atoms with van der Waals surface area (Å²) in [5.74, 6) is 1.45. The number of rotatable bonds is 7. The second kappa shape index (κ2) is 11.3. The van der Waals surface area contributed by atoms with E-state index in [-0.39, 0.29) is 5.92 Å². The molecule has 0 N–H and O–H groups in total. The smallest absolute Gasteiger partial charge is 0.225 e. The number of ether oxygens (including phenoxy) is 1. The number of piperazine rings is 1. The molecule has 0 bridgehead atoms. The van der Waals surface area contributed by atoms with Crippen molar-refractivity contribution in [3.63, 3.8) is 0 Å². The molecule has 0 aromatic heterocycles. The lowest BCUT2D eigenvalue weighted by atomic mass is 9.94. The van der Waals surface area contributed by atoms with E-state index in [0.29, 0.717) is 5.91 Å². The quantitative estimate of drug-likeness (QED) is 0.666. The van der Waals surface area contributed by atoms with E-state index < -0.39 is 0 Å². The summed E-state index contributed by atoms with van der Waals surface area (Å²) in [4.78, 5) is 20.0. The summed E-state index contributed by atoms with van der Waals surface area (Å²) in [5.41, 5.74) is 2.53. The predicted octanol–water partition coefficient (Wildman–Crippen LogP) is 3.76. The average Bonchev–Trinajstić information content (AvgIpc) is 2.86. The van der Waals surface area contributed by atoms with Gasteiger partial charge in [-0.25, -0.2) is 0 Å². The molecule has 2 aromatic rings. The van der Waals surface area contributed by atoms with E-state index in [1.807, 2.05) is 18.2 Å². The van der Waals surface area contributed by atoms with Crippen molar-refractivity contribution in [1.82, 2.24) is 14.7 Å². The van der Waals surface area contributed by atoms with Gasteiger partial charge in [-0.15, -0.1) is 0 Å². The maximum atomic E-state index is 13.1. The van der Waals surface area contributed by atoms with Crippen LogP contribution in [-0.4, -0.2) is 73.5 Å². The highest BCUT2D eigenvalue weighted by molar-refractivity contribution is 5.79. The van der Waals surface area contributed by atoms with Crippen LogP contribution in [0.15, 0.2) is 60.7 Å². The summed E-state index contributed by atoms with van der Waals surface area (Å²) in [6.07, 6.45) is 6.34. The number of methoxy groups -OCH3 is 1. The van der Waals surface area contributed by atoms with E-state index in [1.165, 1.54) is 11.1 Å². The van der Waals surface area contributed by atoms with Crippen molar-refractivity contribution in [2.45, 2.75) is 19.4 Å². The molecule has 0 radical (unpaired) electrons. The Morgan fingerprint density at radius 1 is 0.906 bits per heavy atom. The van der Waals surface area contributed by atoms with Gasteiger partial charge in [0.1, 0.15) is 5.75 Å². The van der Waals surface area contributed by atoms with Gasteiger partial charge < -0.3 is 9.64 Å². The molecule has 0 spiro atoms. The fourth-order valence-electron chi connectivity index (χ4n) is 4.64. The Morgan fingerprint density at radius 3 is 2.25 bits per heavy atom. The van der Waals surface area contributed by atoms with E-state index in [2.05, 4.69) is 63.2 Å². The lowest BCUT2D eigenvalue weighted by Crippen LogP contribution is -2.51. The molecule has 0 unspecified atom stereocenters. The lowest BCUT2D eigenvalue weighted by molar-refractivity contribution is -0.138. The van der Waals surface area contributed by atoms with Gasteiger partial charge in [-0.1, -0.05) is 54.6 Å². The molecular weight excluding hydrogens is 398 g/mol. The third kappa shape index (κ3) is 6.21. The summed E-state index contributed by atoms with van der Waals surface area (Å²) in [7, 11) is 1.69. The van der Waals surface area contributed by atoms with Crippen LogP contribution in [-0.2, 0) is 11.3 Å². The number of carbonyl (C=O) groups excluding carboxylic acids is 1. The van der Waals surface area contributed by atoms with E-state index in [1.54, 1.807) is 7.11 Å². The van der Waals surface area contributed by atoms with Crippen molar-refractivity contribution < 1.29 is 9.53 Å². The Bertz CT molecular complexity index is 866. The molecule has 170 valence electrons. The van der Waals surface area contributed by atoms with Gasteiger partial charge in [0.2, 0.25) is 5.91 Å². The molecule has 5 heteroatoms. The van der Waals surface area contributed by atoms with Crippen LogP contribution in [0.1, 0.15) is 24.0 Å². The highest BCUT2D eigenvalue weighted by atomic mass is 16.5. The number of carbonyl (C=O) groups is 1. The average molecular weight is 434 g/mol. The third-order valence-corrected chi connectivity index (χ3v) is 6.66. The number of hydrogen-bond donors (Lipinski definition) is 0. The van der Waals surface area contributed by atoms with Gasteiger partial charge in [-0.2, -0.15) is 0 Å². The zero-order chi connectivity index (χ0) is 22.2. The van der Waals surface area contributed by atoms with E-state index in [0.717, 1.165) is 70.9 Å².